The van der Waals surface area contributed by atoms with Gasteiger partial charge in [-0.05, 0) is 65.3 Å². The Morgan fingerprint density at radius 2 is 1.89 bits per heavy atom. The van der Waals surface area contributed by atoms with Gasteiger partial charge in [-0.15, -0.1) is 0 Å². The molecule has 0 bridgehead atoms. The Bertz CT molecular complexity index is 252. The van der Waals surface area contributed by atoms with E-state index in [2.05, 4.69) is 44.8 Å². The standard InChI is InChI=1S/C16H35N3/c1-14(2)15-8-6-9-16(12-15,13-17)19(5)11-7-10-18(3)4/h14-15H,6-13,17H2,1-5H3. The molecule has 3 nitrogen and oxygen atoms in total. The number of hydrogen-bond acceptors (Lipinski definition) is 3. The summed E-state index contributed by atoms with van der Waals surface area (Å²) >= 11 is 0. The summed E-state index contributed by atoms with van der Waals surface area (Å²) in [5.41, 5.74) is 6.44. The average molecular weight is 269 g/mol. The maximum atomic E-state index is 6.18. The van der Waals surface area contributed by atoms with Crippen LogP contribution in [0.4, 0.5) is 0 Å². The third-order valence-electron chi connectivity index (χ3n) is 5.09. The van der Waals surface area contributed by atoms with E-state index in [0.29, 0.717) is 0 Å². The van der Waals surface area contributed by atoms with Crippen molar-refractivity contribution in [2.75, 3.05) is 40.8 Å². The van der Waals surface area contributed by atoms with Crippen molar-refractivity contribution in [1.29, 1.82) is 0 Å². The lowest BCUT2D eigenvalue weighted by Crippen LogP contribution is -2.55. The lowest BCUT2D eigenvalue weighted by Gasteiger charge is -2.48. The van der Waals surface area contributed by atoms with Gasteiger partial charge in [0, 0.05) is 12.1 Å². The monoisotopic (exact) mass is 269 g/mol. The minimum Gasteiger partial charge on any atom is -0.329 e. The molecule has 0 spiro atoms. The Hall–Kier alpha value is -0.120. The van der Waals surface area contributed by atoms with E-state index >= 15 is 0 Å². The number of hydrogen-bond donors (Lipinski definition) is 1. The summed E-state index contributed by atoms with van der Waals surface area (Å²) in [5.74, 6) is 1.65. The topological polar surface area (TPSA) is 32.5 Å². The summed E-state index contributed by atoms with van der Waals surface area (Å²) in [6.45, 7) is 7.88. The van der Waals surface area contributed by atoms with Crippen LogP contribution >= 0.6 is 0 Å². The molecule has 0 aromatic rings. The second-order valence-corrected chi connectivity index (χ2v) is 7.11. The van der Waals surface area contributed by atoms with E-state index < -0.39 is 0 Å². The van der Waals surface area contributed by atoms with Crippen molar-refractivity contribution in [2.24, 2.45) is 17.6 Å². The molecule has 1 aliphatic carbocycles. The highest BCUT2D eigenvalue weighted by atomic mass is 15.2. The van der Waals surface area contributed by atoms with E-state index in [0.717, 1.165) is 18.4 Å². The maximum Gasteiger partial charge on any atom is 0.0331 e. The molecule has 0 aliphatic heterocycles. The fourth-order valence-electron chi connectivity index (χ4n) is 3.50. The van der Waals surface area contributed by atoms with E-state index in [1.807, 2.05) is 0 Å². The Kier molecular flexibility index (Phi) is 6.78. The molecule has 0 amide bonds. The van der Waals surface area contributed by atoms with Gasteiger partial charge in [-0.25, -0.2) is 0 Å². The zero-order valence-corrected chi connectivity index (χ0v) is 13.8. The average Bonchev–Trinajstić information content (AvgIpc) is 2.38. The highest BCUT2D eigenvalue weighted by Gasteiger charge is 2.38. The van der Waals surface area contributed by atoms with Crippen LogP contribution in [0.15, 0.2) is 0 Å². The summed E-state index contributed by atoms with van der Waals surface area (Å²) in [4.78, 5) is 4.83. The maximum absolute atomic E-state index is 6.18. The van der Waals surface area contributed by atoms with Crippen molar-refractivity contribution in [3.05, 3.63) is 0 Å². The third-order valence-corrected chi connectivity index (χ3v) is 5.09. The van der Waals surface area contributed by atoms with Crippen LogP contribution in [-0.4, -0.2) is 56.1 Å². The first kappa shape index (κ1) is 16.9. The van der Waals surface area contributed by atoms with Crippen LogP contribution < -0.4 is 5.73 Å². The molecule has 0 heterocycles. The molecule has 19 heavy (non-hydrogen) atoms. The zero-order chi connectivity index (χ0) is 14.5. The zero-order valence-electron chi connectivity index (χ0n) is 13.8. The highest BCUT2D eigenvalue weighted by Crippen LogP contribution is 2.39. The van der Waals surface area contributed by atoms with Crippen molar-refractivity contribution in [3.8, 4) is 0 Å². The first-order chi connectivity index (χ1) is 8.91. The summed E-state index contributed by atoms with van der Waals surface area (Å²) in [5, 5.41) is 0. The molecule has 2 unspecified atom stereocenters. The van der Waals surface area contributed by atoms with E-state index in [1.165, 1.54) is 45.2 Å². The van der Waals surface area contributed by atoms with Crippen LogP contribution in [0.1, 0.15) is 46.0 Å². The minimum absolute atomic E-state index is 0.263. The van der Waals surface area contributed by atoms with E-state index in [-0.39, 0.29) is 5.54 Å². The molecule has 0 radical (unpaired) electrons. The fraction of sp³-hybridized carbons (Fsp3) is 1.00. The van der Waals surface area contributed by atoms with Gasteiger partial charge in [-0.3, -0.25) is 4.90 Å². The molecule has 0 saturated heterocycles. The molecule has 1 rings (SSSR count). The Balaban J connectivity index is 2.57. The van der Waals surface area contributed by atoms with Crippen LogP contribution in [0.3, 0.4) is 0 Å². The van der Waals surface area contributed by atoms with E-state index in [1.54, 1.807) is 0 Å². The van der Waals surface area contributed by atoms with E-state index in [9.17, 15) is 0 Å². The Morgan fingerprint density at radius 3 is 2.42 bits per heavy atom. The van der Waals surface area contributed by atoms with Crippen LogP contribution in [0.2, 0.25) is 0 Å². The molecule has 0 aromatic heterocycles. The predicted molar refractivity (Wildman–Crippen MR) is 84.4 cm³/mol. The van der Waals surface area contributed by atoms with Gasteiger partial charge in [0.15, 0.2) is 0 Å². The van der Waals surface area contributed by atoms with Crippen molar-refractivity contribution in [2.45, 2.75) is 51.5 Å². The molecule has 0 aromatic carbocycles. The first-order valence-corrected chi connectivity index (χ1v) is 7.97. The van der Waals surface area contributed by atoms with Gasteiger partial charge >= 0.3 is 0 Å². The van der Waals surface area contributed by atoms with Gasteiger partial charge in [-0.2, -0.15) is 0 Å². The quantitative estimate of drug-likeness (QED) is 0.770. The van der Waals surface area contributed by atoms with Gasteiger partial charge in [0.1, 0.15) is 0 Å². The number of nitrogens with zero attached hydrogens (tertiary/aromatic N) is 2. The van der Waals surface area contributed by atoms with Crippen molar-refractivity contribution < 1.29 is 0 Å². The summed E-state index contributed by atoms with van der Waals surface area (Å²) < 4.78 is 0. The molecule has 2 N–H and O–H groups in total. The summed E-state index contributed by atoms with van der Waals surface area (Å²) in [7, 11) is 6.58. The second-order valence-electron chi connectivity index (χ2n) is 7.11. The molecule has 1 aliphatic rings. The summed E-state index contributed by atoms with van der Waals surface area (Å²) in [6.07, 6.45) is 6.55. The van der Waals surface area contributed by atoms with Gasteiger partial charge in [-0.1, -0.05) is 26.7 Å². The minimum atomic E-state index is 0.263. The summed E-state index contributed by atoms with van der Waals surface area (Å²) in [6, 6.07) is 0. The van der Waals surface area contributed by atoms with Gasteiger partial charge in [0.2, 0.25) is 0 Å². The van der Waals surface area contributed by atoms with Crippen molar-refractivity contribution in [1.82, 2.24) is 9.80 Å². The van der Waals surface area contributed by atoms with Gasteiger partial charge < -0.3 is 10.6 Å². The van der Waals surface area contributed by atoms with Crippen LogP contribution in [0.25, 0.3) is 0 Å². The Labute approximate surface area is 120 Å². The smallest absolute Gasteiger partial charge is 0.0331 e. The molecule has 1 saturated carbocycles. The number of rotatable bonds is 7. The molecule has 1 fully saturated rings. The lowest BCUT2D eigenvalue weighted by atomic mass is 9.71. The van der Waals surface area contributed by atoms with Gasteiger partial charge in [0.05, 0.1) is 0 Å². The van der Waals surface area contributed by atoms with Crippen LogP contribution in [0, 0.1) is 11.8 Å². The molecular formula is C16H35N3. The molecule has 114 valence electrons. The lowest BCUT2D eigenvalue weighted by molar-refractivity contribution is 0.0432. The number of nitrogens with two attached hydrogens (primary N) is 1. The molecular weight excluding hydrogens is 234 g/mol. The largest absolute Gasteiger partial charge is 0.329 e. The predicted octanol–water partition coefficient (Wildman–Crippen LogP) is 2.41. The second kappa shape index (κ2) is 7.61. The highest BCUT2D eigenvalue weighted by molar-refractivity contribution is 4.96. The van der Waals surface area contributed by atoms with E-state index in [4.69, 9.17) is 5.73 Å². The number of likely N-dealkylation sites (N-methyl/N-ethyl adjacent to an activating group) is 1. The molecule has 3 heteroatoms. The van der Waals surface area contributed by atoms with Gasteiger partial charge in [0.25, 0.3) is 0 Å². The van der Waals surface area contributed by atoms with Crippen molar-refractivity contribution >= 4 is 0 Å². The fourth-order valence-corrected chi connectivity index (χ4v) is 3.50. The first-order valence-electron chi connectivity index (χ1n) is 7.97. The van der Waals surface area contributed by atoms with Crippen LogP contribution in [0.5, 0.6) is 0 Å². The SMILES string of the molecule is CC(C)C1CCCC(CN)(N(C)CCCN(C)C)C1. The third kappa shape index (κ3) is 4.73. The van der Waals surface area contributed by atoms with Crippen molar-refractivity contribution in [3.63, 3.8) is 0 Å². The molecule has 2 atom stereocenters. The van der Waals surface area contributed by atoms with Crippen LogP contribution in [-0.2, 0) is 0 Å². The Morgan fingerprint density at radius 1 is 1.21 bits per heavy atom. The normalized spacial score (nSPS) is 28.6.